The highest BCUT2D eigenvalue weighted by atomic mass is 32.1. The van der Waals surface area contributed by atoms with Crippen molar-refractivity contribution >= 4 is 22.5 Å². The van der Waals surface area contributed by atoms with Gasteiger partial charge in [-0.25, -0.2) is 9.78 Å². The van der Waals surface area contributed by atoms with E-state index in [0.29, 0.717) is 13.2 Å². The predicted octanol–water partition coefficient (Wildman–Crippen LogP) is 3.61. The van der Waals surface area contributed by atoms with Gasteiger partial charge < -0.3 is 9.64 Å². The molecule has 1 aromatic rings. The minimum absolute atomic E-state index is 0.0422. The van der Waals surface area contributed by atoms with Crippen LogP contribution in [0.4, 0.5) is 9.93 Å². The van der Waals surface area contributed by atoms with E-state index in [9.17, 15) is 4.79 Å². The van der Waals surface area contributed by atoms with Gasteiger partial charge in [-0.05, 0) is 37.7 Å². The minimum Gasteiger partial charge on any atom is -0.380 e. The van der Waals surface area contributed by atoms with Gasteiger partial charge in [-0.3, -0.25) is 5.32 Å². The second-order valence-electron chi connectivity index (χ2n) is 6.22. The van der Waals surface area contributed by atoms with E-state index in [4.69, 9.17) is 4.74 Å². The van der Waals surface area contributed by atoms with Crippen molar-refractivity contribution in [2.24, 2.45) is 0 Å². The highest BCUT2D eigenvalue weighted by Crippen LogP contribution is 2.28. The van der Waals surface area contributed by atoms with Gasteiger partial charge in [0.15, 0.2) is 5.13 Å². The fourth-order valence-corrected chi connectivity index (χ4v) is 4.18. The smallest absolute Gasteiger partial charge is 0.323 e. The average molecular weight is 335 g/mol. The van der Waals surface area contributed by atoms with Gasteiger partial charge in [-0.1, -0.05) is 18.9 Å². The van der Waals surface area contributed by atoms with Gasteiger partial charge in [0, 0.05) is 25.1 Å². The van der Waals surface area contributed by atoms with Crippen LogP contribution in [0.25, 0.3) is 0 Å². The number of aryl methyl sites for hydroxylation is 2. The summed E-state index contributed by atoms with van der Waals surface area (Å²) in [6, 6.07) is -0.0422. The van der Waals surface area contributed by atoms with Crippen molar-refractivity contribution in [3.05, 3.63) is 22.2 Å². The van der Waals surface area contributed by atoms with E-state index in [1.165, 1.54) is 41.8 Å². The number of anilines is 1. The number of carbonyl (C=O) groups excluding carboxylic acids is 1. The molecule has 1 aliphatic carbocycles. The summed E-state index contributed by atoms with van der Waals surface area (Å²) in [6.45, 7) is 2.05. The van der Waals surface area contributed by atoms with E-state index in [-0.39, 0.29) is 6.03 Å². The lowest BCUT2D eigenvalue weighted by molar-refractivity contribution is 0.203. The summed E-state index contributed by atoms with van der Waals surface area (Å²) in [5.41, 5.74) is 2.47. The van der Waals surface area contributed by atoms with Gasteiger partial charge in [0.05, 0.1) is 12.3 Å². The van der Waals surface area contributed by atoms with Gasteiger partial charge in [0.1, 0.15) is 0 Å². The monoisotopic (exact) mass is 335 g/mol. The molecule has 1 aliphatic heterocycles. The van der Waals surface area contributed by atoms with Crippen LogP contribution in [-0.2, 0) is 17.6 Å². The Balaban J connectivity index is 1.59. The van der Waals surface area contributed by atoms with E-state index in [1.807, 2.05) is 4.90 Å². The van der Waals surface area contributed by atoms with Crippen LogP contribution in [0.1, 0.15) is 42.7 Å². The Morgan fingerprint density at radius 3 is 2.87 bits per heavy atom. The lowest BCUT2D eigenvalue weighted by atomic mass is 10.0. The third-order valence-corrected chi connectivity index (χ3v) is 5.55. The van der Waals surface area contributed by atoms with Crippen molar-refractivity contribution in [1.29, 1.82) is 0 Å². The Kier molecular flexibility index (Phi) is 5.67. The molecule has 23 heavy (non-hydrogen) atoms. The van der Waals surface area contributed by atoms with E-state index < -0.39 is 0 Å². The Hall–Kier alpha value is -1.40. The molecule has 0 unspecified atom stereocenters. The van der Waals surface area contributed by atoms with Crippen LogP contribution in [0, 0.1) is 0 Å². The summed E-state index contributed by atoms with van der Waals surface area (Å²) in [4.78, 5) is 20.3. The molecule has 0 spiro atoms. The molecule has 0 saturated heterocycles. The number of nitrogens with one attached hydrogen (secondary N) is 1. The van der Waals surface area contributed by atoms with Crippen molar-refractivity contribution < 1.29 is 9.53 Å². The van der Waals surface area contributed by atoms with Gasteiger partial charge in [0.2, 0.25) is 0 Å². The van der Waals surface area contributed by atoms with Crippen LogP contribution >= 0.6 is 11.3 Å². The number of rotatable bonds is 3. The first-order valence-electron chi connectivity index (χ1n) is 8.47. The molecular formula is C17H25N3O2S. The fraction of sp³-hybridized carbons (Fsp3) is 0.647. The highest BCUT2D eigenvalue weighted by Gasteiger charge is 2.20. The summed E-state index contributed by atoms with van der Waals surface area (Å²) in [5.74, 6) is 0. The molecule has 6 heteroatoms. The van der Waals surface area contributed by atoms with E-state index in [2.05, 4.69) is 16.4 Å². The number of nitrogens with zero attached hydrogens (tertiary/aromatic N) is 2. The van der Waals surface area contributed by atoms with E-state index >= 15 is 0 Å². The van der Waals surface area contributed by atoms with Crippen LogP contribution in [0.5, 0.6) is 0 Å². The molecule has 1 N–H and O–H groups in total. The number of methoxy groups -OCH3 is 1. The van der Waals surface area contributed by atoms with Crippen molar-refractivity contribution in [3.63, 3.8) is 0 Å². The zero-order valence-corrected chi connectivity index (χ0v) is 14.6. The molecule has 0 aromatic carbocycles. The topological polar surface area (TPSA) is 54.5 Å². The van der Waals surface area contributed by atoms with Gasteiger partial charge in [-0.15, -0.1) is 11.3 Å². The second-order valence-corrected chi connectivity index (χ2v) is 7.31. The summed E-state index contributed by atoms with van der Waals surface area (Å²) in [6.07, 6.45) is 10.2. The molecule has 5 nitrogen and oxygen atoms in total. The SMILES string of the molecule is COCC1=CCN(C(=O)Nc2nc3c(s2)CCCCCC3)CC1. The first-order chi connectivity index (χ1) is 11.3. The van der Waals surface area contributed by atoms with Crippen LogP contribution in [0.2, 0.25) is 0 Å². The van der Waals surface area contributed by atoms with Gasteiger partial charge >= 0.3 is 6.03 Å². The lowest BCUT2D eigenvalue weighted by Crippen LogP contribution is -2.38. The molecule has 126 valence electrons. The Labute approximate surface area is 141 Å². The number of amides is 2. The number of thiazole rings is 1. The summed E-state index contributed by atoms with van der Waals surface area (Å²) in [5, 5.41) is 3.75. The van der Waals surface area contributed by atoms with Gasteiger partial charge in [0.25, 0.3) is 0 Å². The van der Waals surface area contributed by atoms with Crippen LogP contribution < -0.4 is 5.32 Å². The average Bonchev–Trinajstić information content (AvgIpc) is 2.89. The fourth-order valence-electron chi connectivity index (χ4n) is 3.14. The maximum absolute atomic E-state index is 12.4. The van der Waals surface area contributed by atoms with E-state index in [0.717, 1.165) is 30.9 Å². The second kappa shape index (κ2) is 7.93. The molecule has 0 atom stereocenters. The zero-order chi connectivity index (χ0) is 16.1. The quantitative estimate of drug-likeness (QED) is 0.859. The van der Waals surface area contributed by atoms with Crippen molar-refractivity contribution in [2.75, 3.05) is 32.1 Å². The third kappa shape index (κ3) is 4.32. The zero-order valence-electron chi connectivity index (χ0n) is 13.8. The molecule has 2 heterocycles. The summed E-state index contributed by atoms with van der Waals surface area (Å²) >= 11 is 1.65. The summed E-state index contributed by atoms with van der Waals surface area (Å²) < 4.78 is 5.14. The Morgan fingerprint density at radius 2 is 2.13 bits per heavy atom. The van der Waals surface area contributed by atoms with Crippen molar-refractivity contribution in [3.8, 4) is 0 Å². The third-order valence-electron chi connectivity index (χ3n) is 4.48. The van der Waals surface area contributed by atoms with Crippen LogP contribution in [0.3, 0.4) is 0 Å². The molecule has 0 fully saturated rings. The number of carbonyl (C=O) groups is 1. The normalized spacial score (nSPS) is 18.7. The standard InChI is InChI=1S/C17H25N3O2S/c1-22-12-13-8-10-20(11-9-13)17(21)19-16-18-14-6-4-2-3-5-7-15(14)23-16/h8H,2-7,9-12H2,1H3,(H,18,19,21). The van der Waals surface area contributed by atoms with Crippen molar-refractivity contribution in [1.82, 2.24) is 9.88 Å². The number of urea groups is 1. The van der Waals surface area contributed by atoms with Crippen LogP contribution in [0.15, 0.2) is 11.6 Å². The molecule has 3 rings (SSSR count). The van der Waals surface area contributed by atoms with E-state index in [1.54, 1.807) is 18.4 Å². The number of fused-ring (bicyclic) bond motifs is 1. The first-order valence-corrected chi connectivity index (χ1v) is 9.29. The number of ether oxygens (including phenoxy) is 1. The largest absolute Gasteiger partial charge is 0.380 e. The molecule has 0 bridgehead atoms. The maximum Gasteiger partial charge on any atom is 0.323 e. The molecule has 0 saturated carbocycles. The van der Waals surface area contributed by atoms with Gasteiger partial charge in [-0.2, -0.15) is 0 Å². The number of hydrogen-bond donors (Lipinski definition) is 1. The molecule has 1 aromatic heterocycles. The maximum atomic E-state index is 12.4. The minimum atomic E-state index is -0.0422. The molecular weight excluding hydrogens is 310 g/mol. The molecule has 2 amide bonds. The number of hydrogen-bond acceptors (Lipinski definition) is 4. The molecule has 2 aliphatic rings. The number of aromatic nitrogens is 1. The Bertz CT molecular complexity index is 557. The van der Waals surface area contributed by atoms with Crippen LogP contribution in [-0.4, -0.2) is 42.7 Å². The summed E-state index contributed by atoms with van der Waals surface area (Å²) in [7, 11) is 1.70. The highest BCUT2D eigenvalue weighted by molar-refractivity contribution is 7.15. The lowest BCUT2D eigenvalue weighted by Gasteiger charge is -2.26. The Morgan fingerprint density at radius 1 is 1.30 bits per heavy atom. The van der Waals surface area contributed by atoms with Crippen molar-refractivity contribution in [2.45, 2.75) is 44.9 Å². The predicted molar refractivity (Wildman–Crippen MR) is 93.2 cm³/mol. The molecule has 0 radical (unpaired) electrons. The first kappa shape index (κ1) is 16.5.